The van der Waals surface area contributed by atoms with E-state index < -0.39 is 17.6 Å². The van der Waals surface area contributed by atoms with E-state index in [4.69, 9.17) is 15.6 Å². The highest BCUT2D eigenvalue weighted by Gasteiger charge is 2.36. The first-order valence-corrected chi connectivity index (χ1v) is 12.8. The van der Waals surface area contributed by atoms with Crippen LogP contribution in [0, 0.1) is 5.82 Å². The van der Waals surface area contributed by atoms with Crippen LogP contribution in [0.15, 0.2) is 30.5 Å². The van der Waals surface area contributed by atoms with Gasteiger partial charge in [-0.25, -0.2) is 9.37 Å². The van der Waals surface area contributed by atoms with Crippen LogP contribution in [0.4, 0.5) is 29.2 Å². The molecule has 0 unspecified atom stereocenters. The van der Waals surface area contributed by atoms with Crippen molar-refractivity contribution in [1.29, 1.82) is 0 Å². The Morgan fingerprint density at radius 2 is 1.92 bits per heavy atom. The first-order chi connectivity index (χ1) is 17.7. The summed E-state index contributed by atoms with van der Waals surface area (Å²) in [6.45, 7) is 4.95. The Balaban J connectivity index is 1.33. The first-order valence-electron chi connectivity index (χ1n) is 12.8. The van der Waals surface area contributed by atoms with Crippen molar-refractivity contribution in [3.8, 4) is 5.75 Å². The number of aromatic nitrogens is 3. The number of nitrogens with zero attached hydrogens (tertiary/aromatic N) is 5. The topological polar surface area (TPSA) is 72.4 Å². The van der Waals surface area contributed by atoms with Crippen molar-refractivity contribution in [2.24, 2.45) is 0 Å². The molecule has 11 heteroatoms. The van der Waals surface area contributed by atoms with Crippen molar-refractivity contribution in [1.82, 2.24) is 19.7 Å². The van der Waals surface area contributed by atoms with Crippen LogP contribution in [0.25, 0.3) is 10.9 Å². The van der Waals surface area contributed by atoms with Gasteiger partial charge in [0.2, 0.25) is 0 Å². The molecule has 1 aromatic carbocycles. The van der Waals surface area contributed by atoms with Crippen LogP contribution in [-0.4, -0.2) is 58.5 Å². The standard InChI is InChI=1S/C26H32F4N6O/c1-3-34(2)17-11-12-35(15-17)25-19-14-32-23(31)13-21(19)36(33-25)16-7-9-18(10-8-16)37-22-6-4-5-20(24(22)27)26(28,29)30/h4-6,13-14,16-18H,3,7-12,15H2,1-2H3,(H2,31,32)/t16?,17-,18?/m1/s1. The molecule has 0 spiro atoms. The number of hydrogen-bond donors (Lipinski definition) is 1. The molecule has 200 valence electrons. The third-order valence-corrected chi connectivity index (χ3v) is 7.73. The minimum absolute atomic E-state index is 0.0703. The Bertz CT molecular complexity index is 1250. The van der Waals surface area contributed by atoms with Gasteiger partial charge in [-0.3, -0.25) is 4.68 Å². The minimum Gasteiger partial charge on any atom is -0.487 e. The lowest BCUT2D eigenvalue weighted by atomic mass is 9.93. The highest BCUT2D eigenvalue weighted by Crippen LogP contribution is 2.39. The van der Waals surface area contributed by atoms with Gasteiger partial charge in [0, 0.05) is 31.4 Å². The lowest BCUT2D eigenvalue weighted by Gasteiger charge is -2.30. The molecule has 3 aromatic rings. The summed E-state index contributed by atoms with van der Waals surface area (Å²) in [5, 5.41) is 5.98. The number of anilines is 2. The summed E-state index contributed by atoms with van der Waals surface area (Å²) in [5.74, 6) is -0.397. The molecule has 0 amide bonds. The number of nitrogens with two attached hydrogens (primary N) is 1. The SMILES string of the molecule is CCN(C)[C@@H]1CCN(c2nn(C3CCC(Oc4cccc(C(F)(F)F)c4F)CC3)c3cc(N)ncc23)C1. The molecule has 0 bridgehead atoms. The smallest absolute Gasteiger partial charge is 0.419 e. The summed E-state index contributed by atoms with van der Waals surface area (Å²) in [6, 6.07) is 5.53. The molecule has 3 heterocycles. The fourth-order valence-electron chi connectivity index (χ4n) is 5.50. The second-order valence-electron chi connectivity index (χ2n) is 10.0. The second kappa shape index (κ2) is 10.00. The van der Waals surface area contributed by atoms with E-state index in [2.05, 4.69) is 28.8 Å². The van der Waals surface area contributed by atoms with Gasteiger partial charge in [-0.05, 0) is 57.8 Å². The highest BCUT2D eigenvalue weighted by molar-refractivity contribution is 5.91. The van der Waals surface area contributed by atoms with Gasteiger partial charge in [0.25, 0.3) is 0 Å². The van der Waals surface area contributed by atoms with Crippen molar-refractivity contribution < 1.29 is 22.3 Å². The quantitative estimate of drug-likeness (QED) is 0.447. The van der Waals surface area contributed by atoms with Gasteiger partial charge in [-0.2, -0.15) is 18.3 Å². The van der Waals surface area contributed by atoms with Crippen molar-refractivity contribution in [3.63, 3.8) is 0 Å². The van der Waals surface area contributed by atoms with E-state index in [1.165, 1.54) is 12.1 Å². The number of rotatable bonds is 6. The number of alkyl halides is 3. The molecular weight excluding hydrogens is 488 g/mol. The average Bonchev–Trinajstić information content (AvgIpc) is 3.49. The van der Waals surface area contributed by atoms with Crippen LogP contribution in [-0.2, 0) is 6.18 Å². The van der Waals surface area contributed by atoms with E-state index in [0.717, 1.165) is 48.8 Å². The number of benzene rings is 1. The summed E-state index contributed by atoms with van der Waals surface area (Å²) in [7, 11) is 2.14. The summed E-state index contributed by atoms with van der Waals surface area (Å²) < 4.78 is 61.4. The van der Waals surface area contributed by atoms with Crippen LogP contribution in [0.3, 0.4) is 0 Å². The number of nitrogen functional groups attached to an aromatic ring is 1. The summed E-state index contributed by atoms with van der Waals surface area (Å²) >= 11 is 0. The van der Waals surface area contributed by atoms with Crippen LogP contribution in [0.1, 0.15) is 50.6 Å². The summed E-state index contributed by atoms with van der Waals surface area (Å²) in [6.07, 6.45) is 0.260. The lowest BCUT2D eigenvalue weighted by Crippen LogP contribution is -2.34. The molecule has 1 aliphatic heterocycles. The van der Waals surface area contributed by atoms with Gasteiger partial charge in [0.1, 0.15) is 5.82 Å². The minimum atomic E-state index is -4.77. The Morgan fingerprint density at radius 3 is 2.62 bits per heavy atom. The number of ether oxygens (including phenoxy) is 1. The molecule has 7 nitrogen and oxygen atoms in total. The predicted molar refractivity (Wildman–Crippen MR) is 134 cm³/mol. The number of fused-ring (bicyclic) bond motifs is 1. The molecule has 1 saturated heterocycles. The third kappa shape index (κ3) is 5.05. The van der Waals surface area contributed by atoms with E-state index >= 15 is 0 Å². The van der Waals surface area contributed by atoms with Crippen molar-refractivity contribution in [2.45, 2.75) is 63.4 Å². The normalized spacial score (nSPS) is 22.8. The molecule has 2 aliphatic rings. The summed E-state index contributed by atoms with van der Waals surface area (Å²) in [5.41, 5.74) is 5.63. The van der Waals surface area contributed by atoms with E-state index in [0.29, 0.717) is 37.5 Å². The van der Waals surface area contributed by atoms with Gasteiger partial charge < -0.3 is 20.3 Å². The van der Waals surface area contributed by atoms with Gasteiger partial charge in [-0.1, -0.05) is 13.0 Å². The molecule has 0 radical (unpaired) electrons. The van der Waals surface area contributed by atoms with Crippen LogP contribution >= 0.6 is 0 Å². The Kier molecular flexibility index (Phi) is 6.91. The van der Waals surface area contributed by atoms with E-state index in [1.54, 1.807) is 6.20 Å². The molecule has 1 atom stereocenters. The zero-order chi connectivity index (χ0) is 26.3. The molecular formula is C26H32F4N6O. The number of pyridine rings is 1. The van der Waals surface area contributed by atoms with Crippen LogP contribution in [0.2, 0.25) is 0 Å². The molecule has 1 aliphatic carbocycles. The lowest BCUT2D eigenvalue weighted by molar-refractivity contribution is -0.140. The predicted octanol–water partition coefficient (Wildman–Crippen LogP) is 5.26. The van der Waals surface area contributed by atoms with E-state index in [9.17, 15) is 17.6 Å². The maximum Gasteiger partial charge on any atom is 0.419 e. The van der Waals surface area contributed by atoms with E-state index in [-0.39, 0.29) is 17.9 Å². The summed E-state index contributed by atoms with van der Waals surface area (Å²) in [4.78, 5) is 8.97. The molecule has 37 heavy (non-hydrogen) atoms. The van der Waals surface area contributed by atoms with Crippen molar-refractivity contribution in [2.75, 3.05) is 37.3 Å². The maximum atomic E-state index is 14.4. The Morgan fingerprint density at radius 1 is 1.16 bits per heavy atom. The molecule has 5 rings (SSSR count). The Labute approximate surface area is 213 Å². The molecule has 1 saturated carbocycles. The zero-order valence-electron chi connectivity index (χ0n) is 21.0. The average molecular weight is 521 g/mol. The second-order valence-corrected chi connectivity index (χ2v) is 10.0. The number of hydrogen-bond acceptors (Lipinski definition) is 6. The van der Waals surface area contributed by atoms with Gasteiger partial charge >= 0.3 is 6.18 Å². The van der Waals surface area contributed by atoms with Gasteiger partial charge in [0.15, 0.2) is 17.4 Å². The number of halogens is 4. The van der Waals surface area contributed by atoms with Crippen molar-refractivity contribution >= 4 is 22.5 Å². The molecule has 2 fully saturated rings. The number of likely N-dealkylation sites (N-methyl/N-ethyl adjacent to an activating group) is 1. The molecule has 2 aromatic heterocycles. The fourth-order valence-corrected chi connectivity index (χ4v) is 5.50. The third-order valence-electron chi connectivity index (χ3n) is 7.73. The molecule has 2 N–H and O–H groups in total. The maximum absolute atomic E-state index is 14.4. The monoisotopic (exact) mass is 520 g/mol. The first kappa shape index (κ1) is 25.6. The van der Waals surface area contributed by atoms with Gasteiger partial charge in [0.05, 0.1) is 28.6 Å². The largest absolute Gasteiger partial charge is 0.487 e. The van der Waals surface area contributed by atoms with Crippen LogP contribution in [0.5, 0.6) is 5.75 Å². The van der Waals surface area contributed by atoms with E-state index in [1.807, 2.05) is 10.7 Å². The van der Waals surface area contributed by atoms with Gasteiger partial charge in [-0.15, -0.1) is 0 Å². The van der Waals surface area contributed by atoms with Crippen molar-refractivity contribution in [3.05, 3.63) is 41.8 Å². The van der Waals surface area contributed by atoms with Crippen LogP contribution < -0.4 is 15.4 Å². The Hall–Kier alpha value is -3.08. The zero-order valence-corrected chi connectivity index (χ0v) is 21.0. The fraction of sp³-hybridized carbons (Fsp3) is 0.538. The highest BCUT2D eigenvalue weighted by atomic mass is 19.4.